The predicted octanol–water partition coefficient (Wildman–Crippen LogP) is 4.02. The lowest BCUT2D eigenvalue weighted by Gasteiger charge is -2.21. The molecule has 0 bridgehead atoms. The first kappa shape index (κ1) is 22.5. The summed E-state index contributed by atoms with van der Waals surface area (Å²) >= 11 is 0. The molecule has 1 aromatic heterocycles. The van der Waals surface area contributed by atoms with Crippen LogP contribution in [0.4, 0.5) is 5.69 Å². The van der Waals surface area contributed by atoms with Gasteiger partial charge in [0.2, 0.25) is 10.0 Å². The third-order valence-corrected chi connectivity index (χ3v) is 6.70. The summed E-state index contributed by atoms with van der Waals surface area (Å²) in [6.45, 7) is 6.26. The topological polar surface area (TPSA) is 102 Å². The second-order valence-corrected chi connectivity index (χ2v) is 8.49. The SMILES string of the molecule is CCOc1ccc(NC(=O)c2cc(-c3ccccc3)on2)cc1S(=O)(=O)N(CC)CC. The zero-order chi connectivity index (χ0) is 22.4. The standard InChI is InChI=1S/C22H25N3O5S/c1-4-25(5-2)31(27,28)21-14-17(12-13-19(21)29-6-3)23-22(26)18-15-20(30-24-18)16-10-8-7-9-11-16/h7-15H,4-6H2,1-3H3,(H,23,26). The summed E-state index contributed by atoms with van der Waals surface area (Å²) in [6, 6.07) is 15.3. The molecule has 0 saturated heterocycles. The van der Waals surface area contributed by atoms with Gasteiger partial charge in [-0.25, -0.2) is 8.42 Å². The second kappa shape index (κ2) is 9.76. The van der Waals surface area contributed by atoms with Gasteiger partial charge in [0.25, 0.3) is 5.91 Å². The maximum Gasteiger partial charge on any atom is 0.277 e. The van der Waals surface area contributed by atoms with Crippen LogP contribution in [0.3, 0.4) is 0 Å². The molecule has 9 heteroatoms. The van der Waals surface area contributed by atoms with Gasteiger partial charge in [0.15, 0.2) is 11.5 Å². The van der Waals surface area contributed by atoms with Crippen molar-refractivity contribution in [2.45, 2.75) is 25.7 Å². The number of anilines is 1. The Morgan fingerprint density at radius 2 is 1.77 bits per heavy atom. The number of amides is 1. The van der Waals surface area contributed by atoms with Crippen molar-refractivity contribution in [1.29, 1.82) is 0 Å². The Labute approximate surface area is 181 Å². The fraction of sp³-hybridized carbons (Fsp3) is 0.273. The van der Waals surface area contributed by atoms with Crippen molar-refractivity contribution >= 4 is 21.6 Å². The van der Waals surface area contributed by atoms with Crippen LogP contribution in [0.15, 0.2) is 64.0 Å². The molecular formula is C22H25N3O5S. The van der Waals surface area contributed by atoms with E-state index in [4.69, 9.17) is 9.26 Å². The maximum atomic E-state index is 13.1. The summed E-state index contributed by atoms with van der Waals surface area (Å²) in [5.41, 5.74) is 1.19. The number of nitrogens with one attached hydrogen (secondary N) is 1. The normalized spacial score (nSPS) is 11.5. The number of aromatic nitrogens is 1. The van der Waals surface area contributed by atoms with Crippen LogP contribution in [0, 0.1) is 0 Å². The van der Waals surface area contributed by atoms with Gasteiger partial charge in [0.1, 0.15) is 10.6 Å². The maximum absolute atomic E-state index is 13.1. The largest absolute Gasteiger partial charge is 0.492 e. The number of sulfonamides is 1. The summed E-state index contributed by atoms with van der Waals surface area (Å²) in [5.74, 6) is 0.184. The van der Waals surface area contributed by atoms with Crippen LogP contribution < -0.4 is 10.1 Å². The summed E-state index contributed by atoms with van der Waals surface area (Å²) in [4.78, 5) is 12.7. The zero-order valence-electron chi connectivity index (χ0n) is 17.7. The zero-order valence-corrected chi connectivity index (χ0v) is 18.5. The number of carbonyl (C=O) groups is 1. The Morgan fingerprint density at radius 1 is 1.06 bits per heavy atom. The lowest BCUT2D eigenvalue weighted by atomic mass is 10.1. The molecule has 0 aliphatic rings. The van der Waals surface area contributed by atoms with E-state index >= 15 is 0 Å². The van der Waals surface area contributed by atoms with E-state index in [9.17, 15) is 13.2 Å². The number of benzene rings is 2. The van der Waals surface area contributed by atoms with Crippen LogP contribution in [0.25, 0.3) is 11.3 Å². The Morgan fingerprint density at radius 3 is 2.42 bits per heavy atom. The van der Waals surface area contributed by atoms with E-state index in [1.165, 1.54) is 22.5 Å². The van der Waals surface area contributed by atoms with Crippen molar-refractivity contribution in [3.05, 3.63) is 60.3 Å². The molecule has 0 radical (unpaired) electrons. The molecule has 8 nitrogen and oxygen atoms in total. The van der Waals surface area contributed by atoms with Crippen LogP contribution in [0.2, 0.25) is 0 Å². The van der Waals surface area contributed by atoms with E-state index < -0.39 is 15.9 Å². The highest BCUT2D eigenvalue weighted by molar-refractivity contribution is 7.89. The van der Waals surface area contributed by atoms with Crippen LogP contribution in [-0.2, 0) is 10.0 Å². The van der Waals surface area contributed by atoms with E-state index in [1.807, 2.05) is 30.3 Å². The van der Waals surface area contributed by atoms with Crippen molar-refractivity contribution in [2.75, 3.05) is 25.0 Å². The lowest BCUT2D eigenvalue weighted by molar-refractivity contribution is 0.101. The first-order chi connectivity index (χ1) is 14.9. The van der Waals surface area contributed by atoms with Crippen molar-refractivity contribution < 1.29 is 22.5 Å². The molecule has 3 aromatic rings. The van der Waals surface area contributed by atoms with Gasteiger partial charge < -0.3 is 14.6 Å². The first-order valence-electron chi connectivity index (χ1n) is 10.0. The van der Waals surface area contributed by atoms with E-state index in [-0.39, 0.29) is 16.3 Å². The van der Waals surface area contributed by atoms with Crippen molar-refractivity contribution in [3.63, 3.8) is 0 Å². The minimum absolute atomic E-state index is 0.000905. The highest BCUT2D eigenvalue weighted by Crippen LogP contribution is 2.30. The van der Waals surface area contributed by atoms with Gasteiger partial charge in [-0.1, -0.05) is 49.3 Å². The van der Waals surface area contributed by atoms with Gasteiger partial charge in [0, 0.05) is 30.4 Å². The molecular weight excluding hydrogens is 418 g/mol. The molecule has 1 N–H and O–H groups in total. The Bertz CT molecular complexity index is 1140. The highest BCUT2D eigenvalue weighted by atomic mass is 32.2. The summed E-state index contributed by atoms with van der Waals surface area (Å²) in [7, 11) is -3.79. The van der Waals surface area contributed by atoms with Crippen LogP contribution >= 0.6 is 0 Å². The van der Waals surface area contributed by atoms with Gasteiger partial charge in [-0.15, -0.1) is 0 Å². The summed E-state index contributed by atoms with van der Waals surface area (Å²) in [6.07, 6.45) is 0. The monoisotopic (exact) mass is 443 g/mol. The van der Waals surface area contributed by atoms with E-state index in [1.54, 1.807) is 26.8 Å². The Balaban J connectivity index is 1.88. The molecule has 0 unspecified atom stereocenters. The number of hydrogen-bond acceptors (Lipinski definition) is 6. The van der Waals surface area contributed by atoms with E-state index in [2.05, 4.69) is 10.5 Å². The molecule has 2 aromatic carbocycles. The Kier molecular flexibility index (Phi) is 7.09. The lowest BCUT2D eigenvalue weighted by Crippen LogP contribution is -2.31. The number of nitrogens with zero attached hydrogens (tertiary/aromatic N) is 2. The summed E-state index contributed by atoms with van der Waals surface area (Å²) in [5, 5.41) is 6.50. The molecule has 0 aliphatic carbocycles. The highest BCUT2D eigenvalue weighted by Gasteiger charge is 2.26. The number of hydrogen-bond donors (Lipinski definition) is 1. The minimum Gasteiger partial charge on any atom is -0.492 e. The molecule has 3 rings (SSSR count). The van der Waals surface area contributed by atoms with Crippen LogP contribution in [0.5, 0.6) is 5.75 Å². The van der Waals surface area contributed by atoms with Gasteiger partial charge in [-0.05, 0) is 25.1 Å². The van der Waals surface area contributed by atoms with E-state index in [0.29, 0.717) is 31.1 Å². The molecule has 1 amide bonds. The third kappa shape index (κ3) is 4.95. The molecule has 0 fully saturated rings. The van der Waals surface area contributed by atoms with Crippen molar-refractivity contribution in [3.8, 4) is 17.1 Å². The second-order valence-electron chi connectivity index (χ2n) is 6.58. The smallest absolute Gasteiger partial charge is 0.277 e. The fourth-order valence-electron chi connectivity index (χ4n) is 3.08. The Hall–Kier alpha value is -3.17. The molecule has 0 spiro atoms. The number of ether oxygens (including phenoxy) is 1. The van der Waals surface area contributed by atoms with Gasteiger partial charge in [-0.3, -0.25) is 4.79 Å². The average molecular weight is 444 g/mol. The van der Waals surface area contributed by atoms with Crippen molar-refractivity contribution in [2.24, 2.45) is 0 Å². The molecule has 1 heterocycles. The van der Waals surface area contributed by atoms with Crippen LogP contribution in [0.1, 0.15) is 31.3 Å². The van der Waals surface area contributed by atoms with Crippen molar-refractivity contribution in [1.82, 2.24) is 9.46 Å². The first-order valence-corrected chi connectivity index (χ1v) is 11.4. The summed E-state index contributed by atoms with van der Waals surface area (Å²) < 4.78 is 38.2. The number of rotatable bonds is 9. The average Bonchev–Trinajstić information content (AvgIpc) is 3.27. The molecule has 0 saturated carbocycles. The quantitative estimate of drug-likeness (QED) is 0.536. The molecule has 0 atom stereocenters. The van der Waals surface area contributed by atoms with Gasteiger partial charge in [0.05, 0.1) is 6.61 Å². The van der Waals surface area contributed by atoms with Gasteiger partial charge >= 0.3 is 0 Å². The molecule has 164 valence electrons. The minimum atomic E-state index is -3.79. The fourth-order valence-corrected chi connectivity index (χ4v) is 4.70. The molecule has 0 aliphatic heterocycles. The van der Waals surface area contributed by atoms with Gasteiger partial charge in [-0.2, -0.15) is 4.31 Å². The predicted molar refractivity (Wildman–Crippen MR) is 118 cm³/mol. The van der Waals surface area contributed by atoms with E-state index in [0.717, 1.165) is 5.56 Å². The van der Waals surface area contributed by atoms with Crippen LogP contribution in [-0.4, -0.2) is 43.5 Å². The molecule has 31 heavy (non-hydrogen) atoms. The number of carbonyl (C=O) groups excluding carboxylic acids is 1. The third-order valence-electron chi connectivity index (χ3n) is 4.63.